The van der Waals surface area contributed by atoms with E-state index in [4.69, 9.17) is 9.31 Å². The lowest BCUT2D eigenvalue weighted by molar-refractivity contribution is -0.109. The zero-order valence-corrected chi connectivity index (χ0v) is 16.8. The fourth-order valence-corrected chi connectivity index (χ4v) is 3.00. The van der Waals surface area contributed by atoms with Crippen molar-refractivity contribution in [1.82, 2.24) is 0 Å². The molecule has 0 saturated carbocycles. The molecule has 1 heterocycles. The average molecular weight is 375 g/mol. The van der Waals surface area contributed by atoms with Crippen molar-refractivity contribution in [3.05, 3.63) is 35.3 Å². The Morgan fingerprint density at radius 1 is 1.32 bits per heavy atom. The third kappa shape index (κ3) is 5.12. The number of nitrogens with zero attached hydrogens (tertiary/aromatic N) is 1. The third-order valence-electron chi connectivity index (χ3n) is 4.40. The summed E-state index contributed by atoms with van der Waals surface area (Å²) in [5.74, 6) is 0.507. The lowest BCUT2D eigenvalue weighted by Crippen LogP contribution is -2.41. The molecule has 4 nitrogen and oxygen atoms in total. The number of rotatable bonds is 5. The van der Waals surface area contributed by atoms with Gasteiger partial charge < -0.3 is 9.31 Å². The van der Waals surface area contributed by atoms with Gasteiger partial charge in [0.05, 0.1) is 22.1 Å². The Morgan fingerprint density at radius 2 is 1.96 bits per heavy atom. The quantitative estimate of drug-likeness (QED) is 0.424. The summed E-state index contributed by atoms with van der Waals surface area (Å²) in [7, 11) is -0.491. The van der Waals surface area contributed by atoms with Crippen LogP contribution in [0.4, 0.5) is 5.69 Å². The van der Waals surface area contributed by atoms with E-state index in [0.717, 1.165) is 16.7 Å². The second-order valence-corrected chi connectivity index (χ2v) is 8.22. The van der Waals surface area contributed by atoms with Crippen molar-refractivity contribution in [3.63, 3.8) is 0 Å². The highest BCUT2D eigenvalue weighted by Crippen LogP contribution is 2.39. The highest BCUT2D eigenvalue weighted by Gasteiger charge is 2.52. The standard InChI is InChI=1S/C18H22BNO3S2/c1-13(21)25-11-15(19-22-17(2,3)18(4,5)23-19)9-14-7-6-8-16(10-14)20-12-24/h6-10H,11H2,1-5H3. The molecule has 1 aliphatic heterocycles. The molecule has 0 spiro atoms. The second kappa shape index (κ2) is 7.98. The van der Waals surface area contributed by atoms with Crippen LogP contribution in [0.2, 0.25) is 0 Å². The summed E-state index contributed by atoms with van der Waals surface area (Å²) < 4.78 is 12.3. The van der Waals surface area contributed by atoms with E-state index >= 15 is 0 Å². The molecule has 0 aromatic heterocycles. The number of hydrogen-bond donors (Lipinski definition) is 0. The van der Waals surface area contributed by atoms with Gasteiger partial charge in [-0.3, -0.25) is 4.79 Å². The Hall–Kier alpha value is -1.24. The van der Waals surface area contributed by atoms with Gasteiger partial charge in [0.15, 0.2) is 5.12 Å². The third-order valence-corrected chi connectivity index (χ3v) is 5.37. The molecule has 1 fully saturated rings. The van der Waals surface area contributed by atoms with Gasteiger partial charge in [-0.25, -0.2) is 0 Å². The van der Waals surface area contributed by atoms with Crippen molar-refractivity contribution >= 4 is 53.1 Å². The van der Waals surface area contributed by atoms with Gasteiger partial charge in [-0.2, -0.15) is 4.99 Å². The van der Waals surface area contributed by atoms with Crippen LogP contribution in [0.1, 0.15) is 40.2 Å². The Balaban J connectivity index is 2.35. The Labute approximate surface area is 159 Å². The van der Waals surface area contributed by atoms with Crippen LogP contribution in [0.5, 0.6) is 0 Å². The second-order valence-electron chi connectivity index (χ2n) is 6.89. The molecular weight excluding hydrogens is 353 g/mol. The molecule has 0 bridgehead atoms. The summed E-state index contributed by atoms with van der Waals surface area (Å²) in [4.78, 5) is 15.4. The molecular formula is C18H22BNO3S2. The van der Waals surface area contributed by atoms with E-state index < -0.39 is 18.3 Å². The summed E-state index contributed by atoms with van der Waals surface area (Å²) in [6.07, 6.45) is 1.99. The Kier molecular flexibility index (Phi) is 6.41. The minimum atomic E-state index is -0.491. The van der Waals surface area contributed by atoms with Crippen molar-refractivity contribution in [2.45, 2.75) is 45.8 Å². The summed E-state index contributed by atoms with van der Waals surface area (Å²) in [5, 5.41) is 2.43. The van der Waals surface area contributed by atoms with Gasteiger partial charge in [0.25, 0.3) is 0 Å². The smallest absolute Gasteiger partial charge is 0.400 e. The fourth-order valence-electron chi connectivity index (χ4n) is 2.31. The number of thiocarbonyl (C=S) groups is 1. The van der Waals surface area contributed by atoms with Crippen molar-refractivity contribution in [1.29, 1.82) is 0 Å². The monoisotopic (exact) mass is 375 g/mol. The van der Waals surface area contributed by atoms with Crippen molar-refractivity contribution < 1.29 is 14.1 Å². The molecule has 0 aliphatic carbocycles. The maximum absolute atomic E-state index is 11.4. The molecule has 132 valence electrons. The first-order valence-corrected chi connectivity index (χ1v) is 9.41. The topological polar surface area (TPSA) is 47.9 Å². The summed E-state index contributed by atoms with van der Waals surface area (Å²) in [6, 6.07) is 7.63. The molecule has 0 radical (unpaired) electrons. The van der Waals surface area contributed by atoms with E-state index in [1.165, 1.54) is 11.8 Å². The normalized spacial score (nSPS) is 18.8. The number of isothiocyanates is 1. The predicted molar refractivity (Wildman–Crippen MR) is 108 cm³/mol. The van der Waals surface area contributed by atoms with E-state index in [-0.39, 0.29) is 5.12 Å². The molecule has 0 amide bonds. The van der Waals surface area contributed by atoms with Crippen LogP contribution in [-0.2, 0) is 14.1 Å². The van der Waals surface area contributed by atoms with E-state index in [0.29, 0.717) is 5.75 Å². The average Bonchev–Trinajstić information content (AvgIpc) is 2.72. The van der Waals surface area contributed by atoms with Gasteiger partial charge in [0, 0.05) is 12.7 Å². The number of aliphatic imine (C=N–C) groups is 1. The number of benzene rings is 1. The summed E-state index contributed by atoms with van der Waals surface area (Å²) >= 11 is 5.90. The lowest BCUT2D eigenvalue weighted by Gasteiger charge is -2.32. The fraction of sp³-hybridized carbons (Fsp3) is 0.444. The molecule has 2 rings (SSSR count). The molecule has 0 unspecified atom stereocenters. The van der Waals surface area contributed by atoms with Crippen molar-refractivity contribution in [2.24, 2.45) is 4.99 Å². The van der Waals surface area contributed by atoms with Gasteiger partial charge in [-0.05, 0) is 63.1 Å². The van der Waals surface area contributed by atoms with Crippen LogP contribution < -0.4 is 0 Å². The highest BCUT2D eigenvalue weighted by molar-refractivity contribution is 8.13. The van der Waals surface area contributed by atoms with E-state index in [1.807, 2.05) is 58.0 Å². The Bertz CT molecular complexity index is 724. The first kappa shape index (κ1) is 20.1. The van der Waals surface area contributed by atoms with E-state index in [9.17, 15) is 4.79 Å². The first-order chi connectivity index (χ1) is 11.6. The minimum absolute atomic E-state index is 0.0569. The SMILES string of the molecule is CC(=O)SCC(=Cc1cccc(N=C=S)c1)B1OC(C)(C)C(C)(C)O1. The maximum Gasteiger partial charge on any atom is 0.491 e. The number of carbonyl (C=O) groups is 1. The molecule has 1 aromatic carbocycles. The number of hydrogen-bond acceptors (Lipinski definition) is 6. The van der Waals surface area contributed by atoms with Crippen LogP contribution in [-0.4, -0.2) is 34.3 Å². The van der Waals surface area contributed by atoms with Crippen LogP contribution in [0.25, 0.3) is 6.08 Å². The van der Waals surface area contributed by atoms with Crippen LogP contribution >= 0.6 is 24.0 Å². The highest BCUT2D eigenvalue weighted by atomic mass is 32.2. The zero-order valence-electron chi connectivity index (χ0n) is 15.2. The largest absolute Gasteiger partial charge is 0.491 e. The molecule has 1 saturated heterocycles. The molecule has 25 heavy (non-hydrogen) atoms. The lowest BCUT2D eigenvalue weighted by atomic mass is 9.78. The van der Waals surface area contributed by atoms with Crippen molar-refractivity contribution in [2.75, 3.05) is 5.75 Å². The van der Waals surface area contributed by atoms with Crippen molar-refractivity contribution in [3.8, 4) is 0 Å². The maximum atomic E-state index is 11.4. The first-order valence-electron chi connectivity index (χ1n) is 8.02. The molecule has 7 heteroatoms. The van der Waals surface area contributed by atoms with Crippen LogP contribution in [0.3, 0.4) is 0 Å². The van der Waals surface area contributed by atoms with Crippen LogP contribution in [0, 0.1) is 0 Å². The van der Waals surface area contributed by atoms with E-state index in [1.54, 1.807) is 6.92 Å². The Morgan fingerprint density at radius 3 is 2.52 bits per heavy atom. The van der Waals surface area contributed by atoms with Gasteiger partial charge in [-0.1, -0.05) is 30.0 Å². The predicted octanol–water partition coefficient (Wildman–Crippen LogP) is 4.72. The number of thioether (sulfide) groups is 1. The molecule has 1 aliphatic rings. The van der Waals surface area contributed by atoms with Gasteiger partial charge in [-0.15, -0.1) is 0 Å². The summed E-state index contributed by atoms with van der Waals surface area (Å²) in [5.41, 5.74) is 1.72. The molecule has 0 atom stereocenters. The van der Waals surface area contributed by atoms with Gasteiger partial charge >= 0.3 is 7.12 Å². The molecule has 0 N–H and O–H groups in total. The van der Waals surface area contributed by atoms with E-state index in [2.05, 4.69) is 22.4 Å². The number of carbonyl (C=O) groups excluding carboxylic acids is 1. The zero-order chi connectivity index (χ0) is 18.7. The van der Waals surface area contributed by atoms with Crippen LogP contribution in [0.15, 0.2) is 34.7 Å². The molecule has 1 aromatic rings. The van der Waals surface area contributed by atoms with Gasteiger partial charge in [0.2, 0.25) is 0 Å². The van der Waals surface area contributed by atoms with Gasteiger partial charge in [0.1, 0.15) is 0 Å². The summed E-state index contributed by atoms with van der Waals surface area (Å²) in [6.45, 7) is 9.60. The minimum Gasteiger partial charge on any atom is -0.400 e.